The highest BCUT2D eigenvalue weighted by atomic mass is 32.1. The predicted molar refractivity (Wildman–Crippen MR) is 54.2 cm³/mol. The van der Waals surface area contributed by atoms with Gasteiger partial charge >= 0.3 is 0 Å². The largest absolute Gasteiger partial charge is 0.364 e. The van der Waals surface area contributed by atoms with Gasteiger partial charge in [0.2, 0.25) is 0 Å². The molecule has 2 rings (SSSR count). The Hall–Kier alpha value is -1.35. The predicted octanol–water partition coefficient (Wildman–Crippen LogP) is 2.03. The second-order valence-corrected chi connectivity index (χ2v) is 3.84. The number of H-pyrrole nitrogens is 1. The maximum atomic E-state index is 11.0. The van der Waals surface area contributed by atoms with Crippen LogP contribution in [0.15, 0.2) is 40.6 Å². The number of aromatic nitrogens is 1. The Morgan fingerprint density at radius 3 is 3.00 bits per heavy atom. The number of rotatable bonds is 2. The van der Waals surface area contributed by atoms with Crippen molar-refractivity contribution >= 4 is 11.3 Å². The molecule has 13 heavy (non-hydrogen) atoms. The van der Waals surface area contributed by atoms with Gasteiger partial charge in [-0.15, -0.1) is 11.3 Å². The zero-order valence-electron chi connectivity index (χ0n) is 6.99. The lowest BCUT2D eigenvalue weighted by Crippen LogP contribution is -2.00. The summed E-state index contributed by atoms with van der Waals surface area (Å²) in [7, 11) is 0. The molecule has 2 aromatic rings. The van der Waals surface area contributed by atoms with Crippen LogP contribution in [-0.2, 0) is 6.42 Å². The van der Waals surface area contributed by atoms with E-state index in [1.807, 2.05) is 11.4 Å². The molecule has 0 fully saturated rings. The van der Waals surface area contributed by atoms with Crippen LogP contribution in [0.5, 0.6) is 0 Å². The lowest BCUT2D eigenvalue weighted by molar-refractivity contribution is 1.09. The minimum Gasteiger partial charge on any atom is -0.364 e. The minimum atomic E-state index is 0.0605. The molecule has 0 aliphatic carbocycles. The molecular weight excluding hydrogens is 182 g/mol. The molecule has 66 valence electrons. The van der Waals surface area contributed by atoms with E-state index in [-0.39, 0.29) is 5.43 Å². The lowest BCUT2D eigenvalue weighted by atomic mass is 10.2. The number of hydrogen-bond acceptors (Lipinski definition) is 2. The fourth-order valence-electron chi connectivity index (χ4n) is 1.20. The summed E-state index contributed by atoms with van der Waals surface area (Å²) in [6.07, 6.45) is 2.50. The van der Waals surface area contributed by atoms with Crippen molar-refractivity contribution in [1.29, 1.82) is 0 Å². The smallest absolute Gasteiger partial charge is 0.181 e. The molecule has 3 heteroatoms. The molecule has 0 bridgehead atoms. The molecular formula is C10H9NOS. The van der Waals surface area contributed by atoms with E-state index < -0.39 is 0 Å². The SMILES string of the molecule is O=c1cc[nH]c(Cc2cccs2)c1. The number of pyridine rings is 1. The van der Waals surface area contributed by atoms with Crippen molar-refractivity contribution in [3.8, 4) is 0 Å². The fourth-order valence-corrected chi connectivity index (χ4v) is 1.92. The van der Waals surface area contributed by atoms with Crippen LogP contribution in [0.2, 0.25) is 0 Å². The number of aromatic amines is 1. The summed E-state index contributed by atoms with van der Waals surface area (Å²) < 4.78 is 0. The minimum absolute atomic E-state index is 0.0605. The van der Waals surface area contributed by atoms with E-state index in [2.05, 4.69) is 11.1 Å². The summed E-state index contributed by atoms with van der Waals surface area (Å²) in [4.78, 5) is 15.3. The average Bonchev–Trinajstić information content (AvgIpc) is 2.57. The topological polar surface area (TPSA) is 32.9 Å². The molecule has 2 heterocycles. The third-order valence-electron chi connectivity index (χ3n) is 1.78. The van der Waals surface area contributed by atoms with Crippen LogP contribution in [0.4, 0.5) is 0 Å². The molecule has 0 saturated heterocycles. The van der Waals surface area contributed by atoms with E-state index in [9.17, 15) is 4.79 Å². The van der Waals surface area contributed by atoms with Crippen LogP contribution >= 0.6 is 11.3 Å². The van der Waals surface area contributed by atoms with Gasteiger partial charge in [0.15, 0.2) is 5.43 Å². The summed E-state index contributed by atoms with van der Waals surface area (Å²) in [6, 6.07) is 7.24. The molecule has 0 amide bonds. The Balaban J connectivity index is 2.24. The van der Waals surface area contributed by atoms with Gasteiger partial charge in [0.25, 0.3) is 0 Å². The van der Waals surface area contributed by atoms with Gasteiger partial charge in [-0.05, 0) is 11.4 Å². The van der Waals surface area contributed by atoms with Crippen LogP contribution in [0, 0.1) is 0 Å². The molecule has 0 unspecified atom stereocenters. The van der Waals surface area contributed by atoms with E-state index >= 15 is 0 Å². The van der Waals surface area contributed by atoms with Gasteiger partial charge in [-0.3, -0.25) is 4.79 Å². The van der Waals surface area contributed by atoms with E-state index in [4.69, 9.17) is 0 Å². The highest BCUT2D eigenvalue weighted by molar-refractivity contribution is 7.09. The highest BCUT2D eigenvalue weighted by Crippen LogP contribution is 2.11. The van der Waals surface area contributed by atoms with Gasteiger partial charge in [0, 0.05) is 35.3 Å². The molecule has 0 aliphatic heterocycles. The van der Waals surface area contributed by atoms with Crippen molar-refractivity contribution in [2.45, 2.75) is 6.42 Å². The first-order valence-corrected chi connectivity index (χ1v) is 4.92. The lowest BCUT2D eigenvalue weighted by Gasteiger charge is -1.96. The van der Waals surface area contributed by atoms with Crippen molar-refractivity contribution in [3.63, 3.8) is 0 Å². The highest BCUT2D eigenvalue weighted by Gasteiger charge is 1.96. The second-order valence-electron chi connectivity index (χ2n) is 2.81. The van der Waals surface area contributed by atoms with Crippen LogP contribution < -0.4 is 5.43 Å². The Labute approximate surface area is 79.9 Å². The van der Waals surface area contributed by atoms with Gasteiger partial charge in [0.05, 0.1) is 0 Å². The maximum Gasteiger partial charge on any atom is 0.181 e. The summed E-state index contributed by atoms with van der Waals surface area (Å²) >= 11 is 1.70. The van der Waals surface area contributed by atoms with Crippen molar-refractivity contribution in [3.05, 3.63) is 56.6 Å². The van der Waals surface area contributed by atoms with Crippen molar-refractivity contribution in [1.82, 2.24) is 4.98 Å². The van der Waals surface area contributed by atoms with Crippen LogP contribution in [0.25, 0.3) is 0 Å². The zero-order chi connectivity index (χ0) is 9.10. The number of thiophene rings is 1. The van der Waals surface area contributed by atoms with E-state index in [1.54, 1.807) is 23.6 Å². The standard InChI is InChI=1S/C10H9NOS/c12-9-3-4-11-8(6-9)7-10-2-1-5-13-10/h1-6H,7H2,(H,11,12). The summed E-state index contributed by atoms with van der Waals surface area (Å²) in [5, 5.41) is 2.04. The Bertz CT molecular complexity index is 430. The molecule has 0 radical (unpaired) electrons. The summed E-state index contributed by atoms with van der Waals surface area (Å²) in [6.45, 7) is 0. The molecule has 0 atom stereocenters. The molecule has 0 spiro atoms. The third kappa shape index (κ3) is 2.06. The summed E-state index contributed by atoms with van der Waals surface area (Å²) in [5.74, 6) is 0. The molecule has 0 aliphatic rings. The van der Waals surface area contributed by atoms with Crippen molar-refractivity contribution in [2.75, 3.05) is 0 Å². The van der Waals surface area contributed by atoms with E-state index in [0.29, 0.717) is 0 Å². The Morgan fingerprint density at radius 1 is 1.38 bits per heavy atom. The Kier molecular flexibility index (Phi) is 2.27. The number of hydrogen-bond donors (Lipinski definition) is 1. The third-order valence-corrected chi connectivity index (χ3v) is 2.65. The van der Waals surface area contributed by atoms with Gasteiger partial charge < -0.3 is 4.98 Å². The van der Waals surface area contributed by atoms with Crippen molar-refractivity contribution < 1.29 is 0 Å². The molecule has 2 aromatic heterocycles. The quantitative estimate of drug-likeness (QED) is 0.774. The maximum absolute atomic E-state index is 11.0. The molecule has 0 saturated carbocycles. The fraction of sp³-hybridized carbons (Fsp3) is 0.100. The van der Waals surface area contributed by atoms with Gasteiger partial charge in [-0.2, -0.15) is 0 Å². The normalized spacial score (nSPS) is 10.2. The summed E-state index contributed by atoms with van der Waals surface area (Å²) in [5.41, 5.74) is 1.03. The first-order chi connectivity index (χ1) is 6.34. The molecule has 0 aromatic carbocycles. The van der Waals surface area contributed by atoms with Crippen LogP contribution in [0.1, 0.15) is 10.6 Å². The van der Waals surface area contributed by atoms with Crippen LogP contribution in [-0.4, -0.2) is 4.98 Å². The van der Waals surface area contributed by atoms with E-state index in [0.717, 1.165) is 12.1 Å². The van der Waals surface area contributed by atoms with Gasteiger partial charge in [0.1, 0.15) is 0 Å². The Morgan fingerprint density at radius 2 is 2.31 bits per heavy atom. The average molecular weight is 191 g/mol. The van der Waals surface area contributed by atoms with E-state index in [1.165, 1.54) is 10.9 Å². The molecule has 1 N–H and O–H groups in total. The van der Waals surface area contributed by atoms with Gasteiger partial charge in [-0.25, -0.2) is 0 Å². The first kappa shape index (κ1) is 8.26. The van der Waals surface area contributed by atoms with Gasteiger partial charge in [-0.1, -0.05) is 6.07 Å². The van der Waals surface area contributed by atoms with Crippen molar-refractivity contribution in [2.24, 2.45) is 0 Å². The zero-order valence-corrected chi connectivity index (χ0v) is 7.80. The monoisotopic (exact) mass is 191 g/mol. The number of nitrogens with one attached hydrogen (secondary N) is 1. The van der Waals surface area contributed by atoms with Crippen LogP contribution in [0.3, 0.4) is 0 Å². The molecule has 2 nitrogen and oxygen atoms in total. The first-order valence-electron chi connectivity index (χ1n) is 4.04. The second kappa shape index (κ2) is 3.58.